The van der Waals surface area contributed by atoms with E-state index in [1.54, 1.807) is 28.8 Å². The van der Waals surface area contributed by atoms with Crippen molar-refractivity contribution in [2.24, 2.45) is 0 Å². The third kappa shape index (κ3) is 2.07. The van der Waals surface area contributed by atoms with Crippen LogP contribution in [0.5, 0.6) is 0 Å². The Morgan fingerprint density at radius 3 is 2.80 bits per heavy atom. The fourth-order valence-corrected chi connectivity index (χ4v) is 2.82. The molecule has 3 rings (SSSR count). The third-order valence-electron chi connectivity index (χ3n) is 3.12. The molecule has 3 nitrogen and oxygen atoms in total. The molecule has 0 fully saturated rings. The summed E-state index contributed by atoms with van der Waals surface area (Å²) in [5, 5.41) is 0.578. The Morgan fingerprint density at radius 2 is 2.05 bits per heavy atom. The molecule has 0 bridgehead atoms. The zero-order valence-electron chi connectivity index (χ0n) is 10.5. The van der Waals surface area contributed by atoms with Gasteiger partial charge >= 0.3 is 0 Å². The monoisotopic (exact) mass is 353 g/mol. The number of aromatic nitrogens is 2. The van der Waals surface area contributed by atoms with E-state index in [9.17, 15) is 4.39 Å². The van der Waals surface area contributed by atoms with Gasteiger partial charge in [0.25, 0.3) is 0 Å². The first kappa shape index (κ1) is 13.4. The summed E-state index contributed by atoms with van der Waals surface area (Å²) >= 11 is 9.19. The second kappa shape index (κ2) is 4.75. The number of nitrogens with zero attached hydrogens (tertiary/aromatic N) is 2. The smallest absolute Gasteiger partial charge is 0.205 e. The van der Waals surface area contributed by atoms with E-state index in [0.29, 0.717) is 21.1 Å². The van der Waals surface area contributed by atoms with E-state index >= 15 is 0 Å². The van der Waals surface area contributed by atoms with Gasteiger partial charge in [0.15, 0.2) is 0 Å². The van der Waals surface area contributed by atoms with E-state index < -0.39 is 0 Å². The van der Waals surface area contributed by atoms with E-state index in [1.165, 1.54) is 6.07 Å². The number of fused-ring (bicyclic) bond motifs is 1. The number of benzene rings is 2. The predicted octanol–water partition coefficient (Wildman–Crippen LogP) is 4.47. The van der Waals surface area contributed by atoms with Crippen LogP contribution in [0.25, 0.3) is 16.7 Å². The normalized spacial score (nSPS) is 11.2. The molecule has 0 radical (unpaired) electrons. The fraction of sp³-hybridized carbons (Fsp3) is 0.0714. The molecule has 0 aliphatic rings. The standard InChI is InChI=1S/C14H10BrClFN3/c1-7-4-9(15)10(17)6-12(7)20-13-5-8(16)2-3-11(13)19-14(20)18/h2-6H,1H3,(H2,18,19). The van der Waals surface area contributed by atoms with Gasteiger partial charge in [0.2, 0.25) is 5.95 Å². The average molecular weight is 355 g/mol. The van der Waals surface area contributed by atoms with Crippen LogP contribution >= 0.6 is 27.5 Å². The summed E-state index contributed by atoms with van der Waals surface area (Å²) in [6.07, 6.45) is 0. The highest BCUT2D eigenvalue weighted by Gasteiger charge is 2.14. The Hall–Kier alpha value is -1.59. The van der Waals surface area contributed by atoms with Crippen molar-refractivity contribution >= 4 is 44.5 Å². The minimum absolute atomic E-state index is 0.298. The van der Waals surface area contributed by atoms with Gasteiger partial charge in [0.1, 0.15) is 5.82 Å². The number of rotatable bonds is 1. The molecule has 1 heterocycles. The molecular weight excluding hydrogens is 345 g/mol. The van der Waals surface area contributed by atoms with Crippen molar-refractivity contribution in [2.75, 3.05) is 5.73 Å². The molecule has 0 aliphatic heterocycles. The second-order valence-electron chi connectivity index (χ2n) is 4.49. The van der Waals surface area contributed by atoms with Crippen LogP contribution in [0.4, 0.5) is 10.3 Å². The first-order valence-corrected chi connectivity index (χ1v) is 7.04. The SMILES string of the molecule is Cc1cc(Br)c(F)cc1-n1c(N)nc2ccc(Cl)cc21. The number of hydrogen-bond acceptors (Lipinski definition) is 2. The van der Waals surface area contributed by atoms with Crippen LogP contribution in [-0.4, -0.2) is 9.55 Å². The number of halogens is 3. The number of hydrogen-bond donors (Lipinski definition) is 1. The van der Waals surface area contributed by atoms with Gasteiger partial charge in [-0.15, -0.1) is 0 Å². The first-order valence-electron chi connectivity index (χ1n) is 5.87. The lowest BCUT2D eigenvalue weighted by molar-refractivity contribution is 0.619. The highest BCUT2D eigenvalue weighted by molar-refractivity contribution is 9.10. The molecular formula is C14H10BrClFN3. The number of aryl methyl sites for hydroxylation is 1. The quantitative estimate of drug-likeness (QED) is 0.700. The molecule has 2 aromatic carbocycles. The van der Waals surface area contributed by atoms with Gasteiger partial charge in [0, 0.05) is 5.02 Å². The zero-order valence-corrected chi connectivity index (χ0v) is 12.8. The molecule has 0 spiro atoms. The van der Waals surface area contributed by atoms with Crippen molar-refractivity contribution < 1.29 is 4.39 Å². The maximum absolute atomic E-state index is 13.8. The van der Waals surface area contributed by atoms with Crippen LogP contribution in [-0.2, 0) is 0 Å². The maximum Gasteiger partial charge on any atom is 0.205 e. The Labute approximate surface area is 128 Å². The molecule has 6 heteroatoms. The van der Waals surface area contributed by atoms with Gasteiger partial charge in [0.05, 0.1) is 21.2 Å². The van der Waals surface area contributed by atoms with Gasteiger partial charge in [-0.1, -0.05) is 11.6 Å². The molecule has 0 amide bonds. The van der Waals surface area contributed by atoms with Crippen molar-refractivity contribution in [1.29, 1.82) is 0 Å². The zero-order chi connectivity index (χ0) is 14.4. The topological polar surface area (TPSA) is 43.8 Å². The van der Waals surface area contributed by atoms with E-state index in [1.807, 2.05) is 6.92 Å². The van der Waals surface area contributed by atoms with E-state index in [0.717, 1.165) is 16.6 Å². The highest BCUT2D eigenvalue weighted by Crippen LogP contribution is 2.29. The Balaban J connectivity index is 2.37. The first-order chi connectivity index (χ1) is 9.47. The van der Waals surface area contributed by atoms with E-state index in [4.69, 9.17) is 17.3 Å². The fourth-order valence-electron chi connectivity index (χ4n) is 2.20. The van der Waals surface area contributed by atoms with Gasteiger partial charge in [-0.2, -0.15) is 0 Å². The Kier molecular flexibility index (Phi) is 3.18. The predicted molar refractivity (Wildman–Crippen MR) is 82.9 cm³/mol. The van der Waals surface area contributed by atoms with Crippen molar-refractivity contribution in [3.8, 4) is 5.69 Å². The highest BCUT2D eigenvalue weighted by atomic mass is 79.9. The minimum atomic E-state index is -0.353. The Bertz CT molecular complexity index is 829. The van der Waals surface area contributed by atoms with Gasteiger partial charge in [-0.05, 0) is 58.7 Å². The van der Waals surface area contributed by atoms with E-state index in [-0.39, 0.29) is 5.82 Å². The van der Waals surface area contributed by atoms with Crippen LogP contribution in [0, 0.1) is 12.7 Å². The van der Waals surface area contributed by atoms with E-state index in [2.05, 4.69) is 20.9 Å². The van der Waals surface area contributed by atoms with Crippen molar-refractivity contribution in [3.05, 3.63) is 51.2 Å². The summed E-state index contributed by atoms with van der Waals surface area (Å²) in [6, 6.07) is 8.43. The van der Waals surface area contributed by atoms with Crippen LogP contribution in [0.3, 0.4) is 0 Å². The van der Waals surface area contributed by atoms with Crippen LogP contribution in [0.15, 0.2) is 34.8 Å². The van der Waals surface area contributed by atoms with Gasteiger partial charge in [-0.3, -0.25) is 4.57 Å². The summed E-state index contributed by atoms with van der Waals surface area (Å²) in [4.78, 5) is 4.27. The molecule has 0 aliphatic carbocycles. The van der Waals surface area contributed by atoms with Crippen LogP contribution < -0.4 is 5.73 Å². The number of nitrogens with two attached hydrogens (primary N) is 1. The van der Waals surface area contributed by atoms with Crippen LogP contribution in [0.2, 0.25) is 5.02 Å². The molecule has 1 aromatic heterocycles. The van der Waals surface area contributed by atoms with Crippen molar-refractivity contribution in [1.82, 2.24) is 9.55 Å². The van der Waals surface area contributed by atoms with Crippen molar-refractivity contribution in [3.63, 3.8) is 0 Å². The molecule has 0 saturated heterocycles. The number of nitrogen functional groups attached to an aromatic ring is 1. The lowest BCUT2D eigenvalue weighted by Crippen LogP contribution is -2.03. The lowest BCUT2D eigenvalue weighted by Gasteiger charge is -2.11. The third-order valence-corrected chi connectivity index (χ3v) is 3.97. The summed E-state index contributed by atoms with van der Waals surface area (Å²) < 4.78 is 15.9. The average Bonchev–Trinajstić information content (AvgIpc) is 2.69. The summed E-state index contributed by atoms with van der Waals surface area (Å²) in [7, 11) is 0. The maximum atomic E-state index is 13.8. The summed E-state index contributed by atoms with van der Waals surface area (Å²) in [6.45, 7) is 1.88. The number of anilines is 1. The molecule has 2 N–H and O–H groups in total. The van der Waals surface area contributed by atoms with Crippen molar-refractivity contribution in [2.45, 2.75) is 6.92 Å². The van der Waals surface area contributed by atoms with Crippen LogP contribution in [0.1, 0.15) is 5.56 Å². The summed E-state index contributed by atoms with van der Waals surface area (Å²) in [5.41, 5.74) is 8.96. The molecule has 3 aromatic rings. The summed E-state index contributed by atoms with van der Waals surface area (Å²) in [5.74, 6) is -0.0547. The largest absolute Gasteiger partial charge is 0.369 e. The molecule has 0 atom stereocenters. The lowest BCUT2D eigenvalue weighted by atomic mass is 10.2. The minimum Gasteiger partial charge on any atom is -0.369 e. The molecule has 0 unspecified atom stereocenters. The molecule has 20 heavy (non-hydrogen) atoms. The molecule has 102 valence electrons. The number of imidazole rings is 1. The Morgan fingerprint density at radius 1 is 1.30 bits per heavy atom. The molecule has 0 saturated carbocycles. The van der Waals surface area contributed by atoms with Gasteiger partial charge < -0.3 is 5.73 Å². The second-order valence-corrected chi connectivity index (χ2v) is 5.78. The van der Waals surface area contributed by atoms with Gasteiger partial charge in [-0.25, -0.2) is 9.37 Å².